The first-order valence-electron chi connectivity index (χ1n) is 8.33. The van der Waals surface area contributed by atoms with Crippen molar-refractivity contribution in [2.45, 2.75) is 44.6 Å². The lowest BCUT2D eigenvalue weighted by Crippen LogP contribution is -2.31. The number of hydrogen-bond acceptors (Lipinski definition) is 5. The van der Waals surface area contributed by atoms with Gasteiger partial charge >= 0.3 is 0 Å². The van der Waals surface area contributed by atoms with Crippen LogP contribution in [-0.2, 0) is 9.84 Å². The molecule has 0 atom stereocenters. The molecule has 1 aliphatic heterocycles. The van der Waals surface area contributed by atoms with Crippen LogP contribution in [0.25, 0.3) is 5.52 Å². The summed E-state index contributed by atoms with van der Waals surface area (Å²) in [4.78, 5) is 11.7. The molecule has 6 nitrogen and oxygen atoms in total. The molecule has 0 bridgehead atoms. The number of hydrogen-bond donors (Lipinski definition) is 0. The van der Waals surface area contributed by atoms with Crippen LogP contribution in [0.5, 0.6) is 5.75 Å². The molecule has 0 aromatic carbocycles. The minimum absolute atomic E-state index is 0.00194. The lowest BCUT2D eigenvalue weighted by Gasteiger charge is -2.24. The van der Waals surface area contributed by atoms with Crippen LogP contribution in [0.15, 0.2) is 18.3 Å². The molecule has 1 aliphatic carbocycles. The lowest BCUT2D eigenvalue weighted by atomic mass is 10.1. The molecule has 0 unspecified atom stereocenters. The number of Topliss-reactive ketones (excluding diaryl/α,β-unsaturated/α-hetero) is 1. The molecule has 4 rings (SSSR count). The Morgan fingerprint density at radius 2 is 1.92 bits per heavy atom. The third kappa shape index (κ3) is 2.81. The fraction of sp³-hybridized carbons (Fsp3) is 0.529. The van der Waals surface area contributed by atoms with Crippen molar-refractivity contribution < 1.29 is 17.9 Å². The van der Waals surface area contributed by atoms with Crippen LogP contribution in [0.3, 0.4) is 0 Å². The standard InChI is InChI=1S/C17H20N2O4S/c1-11(20)14-10-18-19-15(14)4-5-16(17(19)12-2-3-12)23-13-6-8-24(21,22)9-7-13/h4-5,10,12-13H,2-3,6-9H2,1H3. The first-order valence-corrected chi connectivity index (χ1v) is 10.2. The fourth-order valence-electron chi connectivity index (χ4n) is 3.32. The Labute approximate surface area is 140 Å². The van der Waals surface area contributed by atoms with E-state index in [1.165, 1.54) is 0 Å². The van der Waals surface area contributed by atoms with Crippen LogP contribution < -0.4 is 4.74 Å². The monoisotopic (exact) mass is 348 g/mol. The maximum atomic E-state index is 11.7. The van der Waals surface area contributed by atoms with Crippen molar-refractivity contribution in [2.24, 2.45) is 0 Å². The highest BCUT2D eigenvalue weighted by molar-refractivity contribution is 7.91. The van der Waals surface area contributed by atoms with E-state index < -0.39 is 9.84 Å². The number of carbonyl (C=O) groups excluding carboxylic acids is 1. The van der Waals surface area contributed by atoms with Crippen LogP contribution in [0.1, 0.15) is 54.6 Å². The summed E-state index contributed by atoms with van der Waals surface area (Å²) in [7, 11) is -2.90. The maximum Gasteiger partial charge on any atom is 0.163 e. The van der Waals surface area contributed by atoms with Crippen LogP contribution in [-0.4, -0.2) is 41.4 Å². The smallest absolute Gasteiger partial charge is 0.163 e. The highest BCUT2D eigenvalue weighted by Crippen LogP contribution is 2.45. The number of rotatable bonds is 4. The quantitative estimate of drug-likeness (QED) is 0.793. The molecule has 2 aromatic rings. The van der Waals surface area contributed by atoms with E-state index in [4.69, 9.17) is 4.74 Å². The summed E-state index contributed by atoms with van der Waals surface area (Å²) in [5, 5.41) is 4.40. The summed E-state index contributed by atoms with van der Waals surface area (Å²) < 4.78 is 31.1. The zero-order valence-corrected chi connectivity index (χ0v) is 14.4. The van der Waals surface area contributed by atoms with Crippen molar-refractivity contribution in [3.63, 3.8) is 0 Å². The second-order valence-electron chi connectivity index (χ2n) is 6.74. The molecule has 0 amide bonds. The third-order valence-corrected chi connectivity index (χ3v) is 6.53. The Kier molecular flexibility index (Phi) is 3.63. The topological polar surface area (TPSA) is 77.7 Å². The number of sulfone groups is 1. The fourth-order valence-corrected chi connectivity index (χ4v) is 4.77. The third-order valence-electron chi connectivity index (χ3n) is 4.82. The molecule has 3 heterocycles. The van der Waals surface area contributed by atoms with Gasteiger partial charge < -0.3 is 4.74 Å². The van der Waals surface area contributed by atoms with Gasteiger partial charge in [0.2, 0.25) is 0 Å². The predicted octanol–water partition coefficient (Wildman–Crippen LogP) is 2.37. The van der Waals surface area contributed by atoms with Gasteiger partial charge in [0.1, 0.15) is 11.9 Å². The number of carbonyl (C=O) groups is 1. The molecule has 0 radical (unpaired) electrons. The van der Waals surface area contributed by atoms with E-state index in [2.05, 4.69) is 5.10 Å². The largest absolute Gasteiger partial charge is 0.488 e. The van der Waals surface area contributed by atoms with E-state index in [1.807, 2.05) is 16.6 Å². The molecule has 0 spiro atoms. The Bertz CT molecular complexity index is 898. The van der Waals surface area contributed by atoms with Gasteiger partial charge in [-0.1, -0.05) is 0 Å². The van der Waals surface area contributed by atoms with Gasteiger partial charge in [-0.3, -0.25) is 4.79 Å². The van der Waals surface area contributed by atoms with E-state index in [0.29, 0.717) is 24.3 Å². The Morgan fingerprint density at radius 3 is 2.54 bits per heavy atom. The number of ether oxygens (including phenoxy) is 1. The van der Waals surface area contributed by atoms with Gasteiger partial charge in [0.25, 0.3) is 0 Å². The van der Waals surface area contributed by atoms with Gasteiger partial charge in [-0.15, -0.1) is 0 Å². The lowest BCUT2D eigenvalue weighted by molar-refractivity contribution is 0.101. The average molecular weight is 348 g/mol. The number of fused-ring (bicyclic) bond motifs is 1. The first-order chi connectivity index (χ1) is 11.4. The van der Waals surface area contributed by atoms with Crippen molar-refractivity contribution in [3.8, 4) is 5.75 Å². The van der Waals surface area contributed by atoms with E-state index >= 15 is 0 Å². The van der Waals surface area contributed by atoms with Crippen molar-refractivity contribution in [1.82, 2.24) is 9.61 Å². The van der Waals surface area contributed by atoms with Gasteiger partial charge in [0.05, 0.1) is 34.5 Å². The Balaban J connectivity index is 1.68. The zero-order chi connectivity index (χ0) is 16.9. The van der Waals surface area contributed by atoms with E-state index in [0.717, 1.165) is 29.8 Å². The van der Waals surface area contributed by atoms with E-state index in [-0.39, 0.29) is 23.4 Å². The average Bonchev–Trinajstić information content (AvgIpc) is 3.27. The highest BCUT2D eigenvalue weighted by Gasteiger charge is 2.32. The number of nitrogens with zero attached hydrogens (tertiary/aromatic N) is 2. The zero-order valence-electron chi connectivity index (χ0n) is 13.6. The molecular weight excluding hydrogens is 328 g/mol. The highest BCUT2D eigenvalue weighted by atomic mass is 32.2. The van der Waals surface area contributed by atoms with Gasteiger partial charge in [0, 0.05) is 5.92 Å². The second-order valence-corrected chi connectivity index (χ2v) is 9.04. The molecule has 1 saturated carbocycles. The van der Waals surface area contributed by atoms with E-state index in [1.54, 1.807) is 13.1 Å². The van der Waals surface area contributed by atoms with Crippen LogP contribution >= 0.6 is 0 Å². The minimum Gasteiger partial charge on any atom is -0.488 e. The normalized spacial score (nSPS) is 21.0. The minimum atomic E-state index is -2.90. The molecule has 0 N–H and O–H groups in total. The summed E-state index contributed by atoms with van der Waals surface area (Å²) in [5.74, 6) is 1.55. The summed E-state index contributed by atoms with van der Waals surface area (Å²) >= 11 is 0. The second kappa shape index (κ2) is 5.58. The van der Waals surface area contributed by atoms with Crippen molar-refractivity contribution in [1.29, 1.82) is 0 Å². The molecular formula is C17H20N2O4S. The van der Waals surface area contributed by atoms with Crippen LogP contribution in [0.2, 0.25) is 0 Å². The Morgan fingerprint density at radius 1 is 1.21 bits per heavy atom. The SMILES string of the molecule is CC(=O)c1cnn2c(C3CC3)c(OC3CCS(=O)(=O)CC3)ccc12. The molecule has 1 saturated heterocycles. The van der Waals surface area contributed by atoms with Crippen LogP contribution in [0, 0.1) is 0 Å². The number of ketones is 1. The summed E-state index contributed by atoms with van der Waals surface area (Å²) in [6.45, 7) is 1.54. The van der Waals surface area contributed by atoms with Gasteiger partial charge in [0.15, 0.2) is 15.6 Å². The van der Waals surface area contributed by atoms with Crippen molar-refractivity contribution in [2.75, 3.05) is 11.5 Å². The molecule has 2 aromatic heterocycles. The van der Waals surface area contributed by atoms with Gasteiger partial charge in [-0.2, -0.15) is 5.10 Å². The molecule has 2 aliphatic rings. The van der Waals surface area contributed by atoms with E-state index in [9.17, 15) is 13.2 Å². The number of pyridine rings is 1. The van der Waals surface area contributed by atoms with Gasteiger partial charge in [-0.25, -0.2) is 12.9 Å². The maximum absolute atomic E-state index is 11.7. The van der Waals surface area contributed by atoms with Crippen molar-refractivity contribution >= 4 is 21.1 Å². The Hall–Kier alpha value is -1.89. The first kappa shape index (κ1) is 15.6. The summed E-state index contributed by atoms with van der Waals surface area (Å²) in [5.41, 5.74) is 2.43. The van der Waals surface area contributed by atoms with Crippen molar-refractivity contribution in [3.05, 3.63) is 29.6 Å². The molecule has 128 valence electrons. The summed E-state index contributed by atoms with van der Waals surface area (Å²) in [6, 6.07) is 3.77. The molecule has 7 heteroatoms. The van der Waals surface area contributed by atoms with Crippen LogP contribution in [0.4, 0.5) is 0 Å². The molecule has 2 fully saturated rings. The van der Waals surface area contributed by atoms with Gasteiger partial charge in [-0.05, 0) is 44.7 Å². The molecule has 24 heavy (non-hydrogen) atoms. The predicted molar refractivity (Wildman–Crippen MR) is 89.5 cm³/mol. The number of aromatic nitrogens is 2. The summed E-state index contributed by atoms with van der Waals surface area (Å²) in [6.07, 6.45) is 4.77.